The highest BCUT2D eigenvalue weighted by Crippen LogP contribution is 2.28. The molecule has 1 aliphatic rings. The van der Waals surface area contributed by atoms with Gasteiger partial charge >= 0.3 is 0 Å². The molecule has 90 valence electrons. The van der Waals surface area contributed by atoms with E-state index in [9.17, 15) is 0 Å². The molecule has 3 nitrogen and oxygen atoms in total. The average Bonchev–Trinajstić information content (AvgIpc) is 2.78. The third-order valence-electron chi connectivity index (χ3n) is 3.70. The molecule has 3 heteroatoms. The summed E-state index contributed by atoms with van der Waals surface area (Å²) in [4.78, 5) is 2.51. The molecular formula is C13H22N2O. The standard InChI is InChI=1S/C13H22N2O/c1-3-12(13-5-4-8-16-13)15-7-6-11(14)10(2)9-15/h4-5,8,10-12H,3,6-7,9,14H2,1-2H3. The van der Waals surface area contributed by atoms with Gasteiger partial charge < -0.3 is 10.2 Å². The lowest BCUT2D eigenvalue weighted by molar-refractivity contribution is 0.100. The lowest BCUT2D eigenvalue weighted by Gasteiger charge is -2.39. The number of rotatable bonds is 3. The van der Waals surface area contributed by atoms with Gasteiger partial charge in [0.1, 0.15) is 5.76 Å². The van der Waals surface area contributed by atoms with Crippen LogP contribution >= 0.6 is 0 Å². The largest absolute Gasteiger partial charge is 0.468 e. The molecule has 0 bridgehead atoms. The highest BCUT2D eigenvalue weighted by molar-refractivity contribution is 5.05. The summed E-state index contributed by atoms with van der Waals surface area (Å²) in [5, 5.41) is 0. The summed E-state index contributed by atoms with van der Waals surface area (Å²) < 4.78 is 5.53. The van der Waals surface area contributed by atoms with Crippen molar-refractivity contribution < 1.29 is 4.42 Å². The quantitative estimate of drug-likeness (QED) is 0.854. The molecule has 3 atom stereocenters. The minimum Gasteiger partial charge on any atom is -0.468 e. The fourth-order valence-electron chi connectivity index (χ4n) is 2.60. The number of nitrogens with two attached hydrogens (primary N) is 1. The van der Waals surface area contributed by atoms with Crippen molar-refractivity contribution in [2.24, 2.45) is 11.7 Å². The Kier molecular flexibility index (Phi) is 3.66. The van der Waals surface area contributed by atoms with Crippen LogP contribution in [0.2, 0.25) is 0 Å². The highest BCUT2D eigenvalue weighted by atomic mass is 16.3. The molecule has 0 amide bonds. The number of hydrogen-bond acceptors (Lipinski definition) is 3. The van der Waals surface area contributed by atoms with Crippen molar-refractivity contribution >= 4 is 0 Å². The molecule has 2 rings (SSSR count). The van der Waals surface area contributed by atoms with Crippen LogP contribution in [0.5, 0.6) is 0 Å². The topological polar surface area (TPSA) is 42.4 Å². The van der Waals surface area contributed by atoms with Crippen LogP contribution in [0.25, 0.3) is 0 Å². The third kappa shape index (κ3) is 2.30. The van der Waals surface area contributed by atoms with E-state index < -0.39 is 0 Å². The van der Waals surface area contributed by atoms with Crippen LogP contribution in [0, 0.1) is 5.92 Å². The van der Waals surface area contributed by atoms with Gasteiger partial charge in [0.2, 0.25) is 0 Å². The summed E-state index contributed by atoms with van der Waals surface area (Å²) >= 11 is 0. The van der Waals surface area contributed by atoms with E-state index in [2.05, 4.69) is 24.8 Å². The number of furan rings is 1. The minimum atomic E-state index is 0.366. The van der Waals surface area contributed by atoms with Gasteiger partial charge in [-0.3, -0.25) is 4.90 Å². The average molecular weight is 222 g/mol. The normalized spacial score (nSPS) is 29.2. The minimum absolute atomic E-state index is 0.366. The van der Waals surface area contributed by atoms with Crippen molar-refractivity contribution in [2.45, 2.75) is 38.8 Å². The predicted octanol–water partition coefficient (Wildman–Crippen LogP) is 2.40. The zero-order valence-corrected chi connectivity index (χ0v) is 10.2. The Labute approximate surface area is 97.6 Å². The van der Waals surface area contributed by atoms with E-state index in [1.807, 2.05) is 6.07 Å². The maximum Gasteiger partial charge on any atom is 0.120 e. The smallest absolute Gasteiger partial charge is 0.120 e. The Balaban J connectivity index is 2.05. The fraction of sp³-hybridized carbons (Fsp3) is 0.692. The van der Waals surface area contributed by atoms with E-state index in [0.29, 0.717) is 18.0 Å². The Morgan fingerprint density at radius 3 is 3.00 bits per heavy atom. The number of hydrogen-bond donors (Lipinski definition) is 1. The van der Waals surface area contributed by atoms with E-state index >= 15 is 0 Å². The van der Waals surface area contributed by atoms with E-state index in [1.54, 1.807) is 6.26 Å². The first kappa shape index (κ1) is 11.7. The van der Waals surface area contributed by atoms with E-state index in [-0.39, 0.29) is 0 Å². The molecular weight excluding hydrogens is 200 g/mol. The number of piperidine rings is 1. The van der Waals surface area contributed by atoms with Crippen molar-refractivity contribution in [2.75, 3.05) is 13.1 Å². The molecule has 1 saturated heterocycles. The van der Waals surface area contributed by atoms with Gasteiger partial charge in [-0.1, -0.05) is 13.8 Å². The second-order valence-corrected chi connectivity index (χ2v) is 4.86. The SMILES string of the molecule is CCC(c1ccco1)N1CCC(N)C(C)C1. The number of nitrogens with zero attached hydrogens (tertiary/aromatic N) is 1. The summed E-state index contributed by atoms with van der Waals surface area (Å²) in [7, 11) is 0. The molecule has 1 aliphatic heterocycles. The van der Waals surface area contributed by atoms with Crippen LogP contribution in [-0.4, -0.2) is 24.0 Å². The Hall–Kier alpha value is -0.800. The lowest BCUT2D eigenvalue weighted by Crippen LogP contribution is -2.46. The first-order valence-electron chi connectivity index (χ1n) is 6.25. The van der Waals surface area contributed by atoms with Gasteiger partial charge in [-0.25, -0.2) is 0 Å². The maximum absolute atomic E-state index is 6.05. The van der Waals surface area contributed by atoms with Gasteiger partial charge in [-0.05, 0) is 30.9 Å². The van der Waals surface area contributed by atoms with Crippen LogP contribution in [0.4, 0.5) is 0 Å². The summed E-state index contributed by atoms with van der Waals surface area (Å²) in [6.07, 6.45) is 3.95. The molecule has 3 unspecified atom stereocenters. The highest BCUT2D eigenvalue weighted by Gasteiger charge is 2.29. The van der Waals surface area contributed by atoms with Crippen LogP contribution in [0.15, 0.2) is 22.8 Å². The molecule has 1 aromatic heterocycles. The Bertz CT molecular complexity index is 310. The molecule has 16 heavy (non-hydrogen) atoms. The van der Waals surface area contributed by atoms with Crippen molar-refractivity contribution in [3.05, 3.63) is 24.2 Å². The van der Waals surface area contributed by atoms with Gasteiger partial charge in [-0.15, -0.1) is 0 Å². The molecule has 0 aliphatic carbocycles. The molecule has 1 aromatic rings. The summed E-state index contributed by atoms with van der Waals surface area (Å²) in [6, 6.07) is 4.83. The van der Waals surface area contributed by atoms with Crippen molar-refractivity contribution in [1.29, 1.82) is 0 Å². The maximum atomic E-state index is 6.05. The van der Waals surface area contributed by atoms with Gasteiger partial charge in [0, 0.05) is 19.1 Å². The molecule has 2 heterocycles. The zero-order chi connectivity index (χ0) is 11.5. The van der Waals surface area contributed by atoms with Crippen molar-refractivity contribution in [3.63, 3.8) is 0 Å². The van der Waals surface area contributed by atoms with Crippen LogP contribution in [-0.2, 0) is 0 Å². The van der Waals surface area contributed by atoms with E-state index in [4.69, 9.17) is 10.2 Å². The molecule has 2 N–H and O–H groups in total. The van der Waals surface area contributed by atoms with Crippen molar-refractivity contribution in [1.82, 2.24) is 4.90 Å². The number of likely N-dealkylation sites (tertiary alicyclic amines) is 1. The van der Waals surface area contributed by atoms with E-state index in [1.165, 1.54) is 0 Å². The first-order chi connectivity index (χ1) is 7.72. The second kappa shape index (κ2) is 5.02. The van der Waals surface area contributed by atoms with E-state index in [0.717, 1.165) is 31.7 Å². The van der Waals surface area contributed by atoms with Gasteiger partial charge in [0.05, 0.1) is 12.3 Å². The second-order valence-electron chi connectivity index (χ2n) is 4.86. The Morgan fingerprint density at radius 1 is 1.62 bits per heavy atom. The van der Waals surface area contributed by atoms with Crippen LogP contribution in [0.3, 0.4) is 0 Å². The molecule has 0 radical (unpaired) electrons. The van der Waals surface area contributed by atoms with Gasteiger partial charge in [-0.2, -0.15) is 0 Å². The van der Waals surface area contributed by atoms with Crippen LogP contribution < -0.4 is 5.73 Å². The Morgan fingerprint density at radius 2 is 2.44 bits per heavy atom. The van der Waals surface area contributed by atoms with Gasteiger partial charge in [0.25, 0.3) is 0 Å². The monoisotopic (exact) mass is 222 g/mol. The fourth-order valence-corrected chi connectivity index (χ4v) is 2.60. The van der Waals surface area contributed by atoms with Crippen molar-refractivity contribution in [3.8, 4) is 0 Å². The lowest BCUT2D eigenvalue weighted by atomic mass is 9.93. The first-order valence-corrected chi connectivity index (χ1v) is 6.25. The molecule has 1 fully saturated rings. The summed E-state index contributed by atoms with van der Waals surface area (Å²) in [5.74, 6) is 1.67. The van der Waals surface area contributed by atoms with Gasteiger partial charge in [0.15, 0.2) is 0 Å². The summed E-state index contributed by atoms with van der Waals surface area (Å²) in [6.45, 7) is 6.63. The zero-order valence-electron chi connectivity index (χ0n) is 10.2. The molecule has 0 aromatic carbocycles. The predicted molar refractivity (Wildman–Crippen MR) is 65.1 cm³/mol. The third-order valence-corrected chi connectivity index (χ3v) is 3.70. The molecule has 0 spiro atoms. The summed E-state index contributed by atoms with van der Waals surface area (Å²) in [5.41, 5.74) is 6.05. The van der Waals surface area contributed by atoms with Crippen LogP contribution in [0.1, 0.15) is 38.5 Å². The molecule has 0 saturated carbocycles.